The molecule has 1 aromatic carbocycles. The molecule has 0 aromatic heterocycles. The van der Waals surface area contributed by atoms with E-state index in [-0.39, 0.29) is 6.42 Å². The van der Waals surface area contributed by atoms with Crippen LogP contribution in [-0.2, 0) is 25.5 Å². The summed E-state index contributed by atoms with van der Waals surface area (Å²) < 4.78 is 14.8. The zero-order chi connectivity index (χ0) is 18.3. The lowest BCUT2D eigenvalue weighted by molar-refractivity contribution is -0.143. The molecule has 0 aliphatic rings. The number of methoxy groups -OCH3 is 1. The predicted octanol–water partition coefficient (Wildman–Crippen LogP) is 2.22. The van der Waals surface area contributed by atoms with Crippen molar-refractivity contribution in [1.29, 1.82) is 0 Å². The lowest BCUT2D eigenvalue weighted by Crippen LogP contribution is -2.45. The van der Waals surface area contributed by atoms with Gasteiger partial charge in [0.2, 0.25) is 0 Å². The maximum atomic E-state index is 11.9. The third kappa shape index (κ3) is 7.13. The van der Waals surface area contributed by atoms with E-state index in [0.717, 1.165) is 5.56 Å². The van der Waals surface area contributed by atoms with Crippen molar-refractivity contribution in [1.82, 2.24) is 5.32 Å². The van der Waals surface area contributed by atoms with Gasteiger partial charge in [0.25, 0.3) is 0 Å². The molecular weight excluding hydrogens is 314 g/mol. The normalized spacial score (nSPS) is 12.0. The van der Waals surface area contributed by atoms with Crippen LogP contribution in [0, 0.1) is 0 Å². The van der Waals surface area contributed by atoms with Crippen molar-refractivity contribution < 1.29 is 28.6 Å². The average molecular weight is 337 g/mol. The van der Waals surface area contributed by atoms with E-state index in [0.29, 0.717) is 5.75 Å². The zero-order valence-electron chi connectivity index (χ0n) is 14.5. The van der Waals surface area contributed by atoms with Crippen LogP contribution < -0.4 is 10.1 Å². The van der Waals surface area contributed by atoms with E-state index < -0.39 is 29.7 Å². The number of nitrogens with one attached hydrogen (secondary N) is 1. The first-order valence-electron chi connectivity index (χ1n) is 7.45. The Labute approximate surface area is 141 Å². The summed E-state index contributed by atoms with van der Waals surface area (Å²) in [6, 6.07) is 5.73. The highest BCUT2D eigenvalue weighted by molar-refractivity contribution is 5.81. The Morgan fingerprint density at radius 2 is 1.71 bits per heavy atom. The molecule has 7 heteroatoms. The Hall–Kier alpha value is -2.57. The van der Waals surface area contributed by atoms with Gasteiger partial charge >= 0.3 is 18.0 Å². The van der Waals surface area contributed by atoms with Crippen molar-refractivity contribution in [3.8, 4) is 5.75 Å². The zero-order valence-corrected chi connectivity index (χ0v) is 14.5. The van der Waals surface area contributed by atoms with Gasteiger partial charge in [-0.05, 0) is 38.5 Å². The second kappa shape index (κ2) is 8.33. The van der Waals surface area contributed by atoms with Gasteiger partial charge in [0.1, 0.15) is 17.4 Å². The Morgan fingerprint density at radius 1 is 1.12 bits per heavy atom. The van der Waals surface area contributed by atoms with Gasteiger partial charge in [0.05, 0.1) is 7.11 Å². The van der Waals surface area contributed by atoms with Crippen molar-refractivity contribution in [3.63, 3.8) is 0 Å². The Kier molecular flexibility index (Phi) is 6.76. The highest BCUT2D eigenvalue weighted by Gasteiger charge is 2.25. The van der Waals surface area contributed by atoms with Crippen LogP contribution in [0.25, 0.3) is 0 Å². The number of hydrogen-bond donors (Lipinski definition) is 1. The molecule has 1 N–H and O–H groups in total. The second-order valence-electron chi connectivity index (χ2n) is 6.16. The van der Waals surface area contributed by atoms with E-state index in [4.69, 9.17) is 14.2 Å². The van der Waals surface area contributed by atoms with E-state index in [1.807, 2.05) is 0 Å². The number of alkyl carbamates (subject to hydrolysis) is 1. The van der Waals surface area contributed by atoms with Gasteiger partial charge < -0.3 is 19.5 Å². The summed E-state index contributed by atoms with van der Waals surface area (Å²) in [7, 11) is 1.25. The van der Waals surface area contributed by atoms with E-state index >= 15 is 0 Å². The molecule has 1 rings (SSSR count). The molecule has 0 saturated carbocycles. The highest BCUT2D eigenvalue weighted by atomic mass is 16.6. The summed E-state index contributed by atoms with van der Waals surface area (Å²) in [6.07, 6.45) is -0.485. The minimum atomic E-state index is -0.885. The van der Waals surface area contributed by atoms with Gasteiger partial charge in [-0.25, -0.2) is 9.59 Å². The van der Waals surface area contributed by atoms with Crippen LogP contribution >= 0.6 is 0 Å². The smallest absolute Gasteiger partial charge is 0.408 e. The molecule has 0 radical (unpaired) electrons. The quantitative estimate of drug-likeness (QED) is 0.654. The number of amides is 1. The highest BCUT2D eigenvalue weighted by Crippen LogP contribution is 2.14. The lowest BCUT2D eigenvalue weighted by Gasteiger charge is -2.22. The Bertz CT molecular complexity index is 588. The number of ether oxygens (including phenoxy) is 3. The van der Waals surface area contributed by atoms with Crippen LogP contribution in [0.15, 0.2) is 24.3 Å². The van der Waals surface area contributed by atoms with Crippen molar-refractivity contribution in [3.05, 3.63) is 29.8 Å². The number of hydrogen-bond acceptors (Lipinski definition) is 6. The van der Waals surface area contributed by atoms with E-state index in [1.165, 1.54) is 14.0 Å². The second-order valence-corrected chi connectivity index (χ2v) is 6.16. The van der Waals surface area contributed by atoms with Gasteiger partial charge in [-0.1, -0.05) is 12.1 Å². The number of carbonyl (C=O) groups excluding carboxylic acids is 3. The first-order chi connectivity index (χ1) is 11.1. The van der Waals surface area contributed by atoms with Crippen molar-refractivity contribution >= 4 is 18.0 Å². The molecule has 24 heavy (non-hydrogen) atoms. The molecule has 0 fully saturated rings. The van der Waals surface area contributed by atoms with Crippen molar-refractivity contribution in [2.45, 2.75) is 45.8 Å². The topological polar surface area (TPSA) is 90.9 Å². The van der Waals surface area contributed by atoms with E-state index in [9.17, 15) is 14.4 Å². The number of esters is 2. The minimum Gasteiger partial charge on any atom is -0.467 e. The molecule has 0 aliphatic carbocycles. The molecule has 1 amide bonds. The molecule has 1 aromatic rings. The summed E-state index contributed by atoms with van der Waals surface area (Å²) in [5.74, 6) is -0.590. The molecule has 1 atom stereocenters. The fourth-order valence-electron chi connectivity index (χ4n) is 1.88. The first kappa shape index (κ1) is 19.5. The summed E-state index contributed by atoms with van der Waals surface area (Å²) in [5.41, 5.74) is 0.0912. The largest absolute Gasteiger partial charge is 0.467 e. The lowest BCUT2D eigenvalue weighted by atomic mass is 10.1. The number of rotatable bonds is 5. The molecular formula is C17H23NO6. The molecule has 0 bridgehead atoms. The SMILES string of the molecule is COC(=O)[C@H](Cc1ccc(OC(C)=O)cc1)NC(=O)OC(C)(C)C. The predicted molar refractivity (Wildman–Crippen MR) is 86.6 cm³/mol. The van der Waals surface area contributed by atoms with Crippen LogP contribution in [0.3, 0.4) is 0 Å². The van der Waals surface area contributed by atoms with E-state index in [2.05, 4.69) is 5.32 Å². The third-order valence-electron chi connectivity index (χ3n) is 2.80. The fraction of sp³-hybridized carbons (Fsp3) is 0.471. The summed E-state index contributed by atoms with van der Waals surface area (Å²) >= 11 is 0. The number of benzene rings is 1. The molecule has 0 spiro atoms. The number of carbonyl (C=O) groups is 3. The first-order valence-corrected chi connectivity index (χ1v) is 7.45. The summed E-state index contributed by atoms with van der Waals surface area (Å²) in [4.78, 5) is 34.6. The van der Waals surface area contributed by atoms with Crippen LogP contribution in [0.4, 0.5) is 4.79 Å². The van der Waals surface area contributed by atoms with Crippen molar-refractivity contribution in [2.24, 2.45) is 0 Å². The van der Waals surface area contributed by atoms with Gasteiger partial charge in [0, 0.05) is 13.3 Å². The Morgan fingerprint density at radius 3 is 2.17 bits per heavy atom. The van der Waals surface area contributed by atoms with Crippen molar-refractivity contribution in [2.75, 3.05) is 7.11 Å². The third-order valence-corrected chi connectivity index (χ3v) is 2.80. The van der Waals surface area contributed by atoms with Gasteiger partial charge in [-0.2, -0.15) is 0 Å². The fourth-order valence-corrected chi connectivity index (χ4v) is 1.88. The Balaban J connectivity index is 2.77. The molecule has 0 unspecified atom stereocenters. The van der Waals surface area contributed by atoms with Gasteiger partial charge in [-0.3, -0.25) is 4.79 Å². The maximum absolute atomic E-state index is 11.9. The molecule has 0 saturated heterocycles. The maximum Gasteiger partial charge on any atom is 0.408 e. The minimum absolute atomic E-state index is 0.215. The van der Waals surface area contributed by atoms with Crippen LogP contribution in [-0.4, -0.2) is 36.8 Å². The summed E-state index contributed by atoms with van der Waals surface area (Å²) in [5, 5.41) is 2.50. The molecule has 7 nitrogen and oxygen atoms in total. The van der Waals surface area contributed by atoms with Gasteiger partial charge in [0.15, 0.2) is 0 Å². The van der Waals surface area contributed by atoms with Crippen LogP contribution in [0.2, 0.25) is 0 Å². The molecule has 0 aliphatic heterocycles. The monoisotopic (exact) mass is 337 g/mol. The average Bonchev–Trinajstić information content (AvgIpc) is 2.45. The van der Waals surface area contributed by atoms with Crippen LogP contribution in [0.5, 0.6) is 5.75 Å². The summed E-state index contributed by atoms with van der Waals surface area (Å²) in [6.45, 7) is 6.50. The van der Waals surface area contributed by atoms with Gasteiger partial charge in [-0.15, -0.1) is 0 Å². The van der Waals surface area contributed by atoms with Crippen LogP contribution in [0.1, 0.15) is 33.3 Å². The van der Waals surface area contributed by atoms with E-state index in [1.54, 1.807) is 45.0 Å². The molecule has 0 heterocycles. The standard InChI is InChI=1S/C17H23NO6/c1-11(19)23-13-8-6-12(7-9-13)10-14(15(20)22-5)18-16(21)24-17(2,3)4/h6-9,14H,10H2,1-5H3,(H,18,21)/t14-/m0/s1. The molecule has 132 valence electrons.